The first-order chi connectivity index (χ1) is 16.1. The van der Waals surface area contributed by atoms with Gasteiger partial charge in [0.05, 0.1) is 0 Å². The van der Waals surface area contributed by atoms with Crippen molar-refractivity contribution in [3.8, 4) is 0 Å². The summed E-state index contributed by atoms with van der Waals surface area (Å²) in [5.41, 5.74) is 1.35. The molecule has 0 saturated carbocycles. The molecule has 0 amide bonds. The quantitative estimate of drug-likeness (QED) is 0.446. The van der Waals surface area contributed by atoms with E-state index in [9.17, 15) is 0 Å². The van der Waals surface area contributed by atoms with E-state index in [0.717, 1.165) is 57.2 Å². The SMILES string of the molecule is C[C@@H]1CCCN(c2cc(N3CCC[C@H](C)C3)nc(NC(=S)NCCCc3ccccc3)n2)C1. The lowest BCUT2D eigenvalue weighted by Gasteiger charge is -2.35. The monoisotopic (exact) mass is 466 g/mol. The van der Waals surface area contributed by atoms with Gasteiger partial charge in [-0.2, -0.15) is 9.97 Å². The first-order valence-corrected chi connectivity index (χ1v) is 13.0. The number of aryl methyl sites for hydroxylation is 1. The summed E-state index contributed by atoms with van der Waals surface area (Å²) in [5, 5.41) is 7.18. The number of rotatable bonds is 7. The minimum absolute atomic E-state index is 0.588. The normalized spacial score (nSPS) is 21.0. The summed E-state index contributed by atoms with van der Waals surface area (Å²) in [7, 11) is 0. The topological polar surface area (TPSA) is 56.3 Å². The molecule has 4 rings (SSSR count). The van der Waals surface area contributed by atoms with Crippen molar-refractivity contribution >= 4 is 34.9 Å². The summed E-state index contributed by atoms with van der Waals surface area (Å²) in [5.74, 6) is 4.00. The van der Waals surface area contributed by atoms with Crippen LogP contribution in [0.5, 0.6) is 0 Å². The highest BCUT2D eigenvalue weighted by Crippen LogP contribution is 2.28. The largest absolute Gasteiger partial charge is 0.362 e. The van der Waals surface area contributed by atoms with Gasteiger partial charge >= 0.3 is 0 Å². The second kappa shape index (κ2) is 11.6. The van der Waals surface area contributed by atoms with Crippen LogP contribution in [0.4, 0.5) is 17.6 Å². The van der Waals surface area contributed by atoms with E-state index in [1.807, 2.05) is 0 Å². The fourth-order valence-corrected chi connectivity index (χ4v) is 5.08. The van der Waals surface area contributed by atoms with Gasteiger partial charge in [0, 0.05) is 38.8 Å². The van der Waals surface area contributed by atoms with E-state index in [1.165, 1.54) is 31.2 Å². The van der Waals surface area contributed by atoms with Crippen LogP contribution in [-0.2, 0) is 6.42 Å². The highest BCUT2D eigenvalue weighted by atomic mass is 32.1. The molecule has 2 fully saturated rings. The van der Waals surface area contributed by atoms with Crippen LogP contribution in [0.3, 0.4) is 0 Å². The summed E-state index contributed by atoms with van der Waals surface area (Å²) in [4.78, 5) is 14.6. The van der Waals surface area contributed by atoms with Crippen molar-refractivity contribution in [1.82, 2.24) is 15.3 Å². The number of benzene rings is 1. The summed E-state index contributed by atoms with van der Waals surface area (Å²) in [6, 6.07) is 12.7. The van der Waals surface area contributed by atoms with Crippen molar-refractivity contribution in [3.05, 3.63) is 42.0 Å². The van der Waals surface area contributed by atoms with E-state index in [2.05, 4.69) is 70.7 Å². The van der Waals surface area contributed by atoms with Crippen LogP contribution >= 0.6 is 12.2 Å². The molecule has 2 aromatic rings. The van der Waals surface area contributed by atoms with Gasteiger partial charge in [-0.05, 0) is 68.1 Å². The lowest BCUT2D eigenvalue weighted by Crippen LogP contribution is -2.37. The van der Waals surface area contributed by atoms with Crippen molar-refractivity contribution in [2.45, 2.75) is 52.4 Å². The third-order valence-electron chi connectivity index (χ3n) is 6.66. The summed E-state index contributed by atoms with van der Waals surface area (Å²) in [6.45, 7) is 9.68. The molecule has 1 aromatic carbocycles. The number of hydrogen-bond donors (Lipinski definition) is 2. The molecule has 6 nitrogen and oxygen atoms in total. The van der Waals surface area contributed by atoms with Crippen LogP contribution in [0, 0.1) is 11.8 Å². The molecule has 0 spiro atoms. The van der Waals surface area contributed by atoms with Crippen LogP contribution in [-0.4, -0.2) is 47.8 Å². The molecule has 2 saturated heterocycles. The molecule has 1 aromatic heterocycles. The van der Waals surface area contributed by atoms with Crippen LogP contribution in [0.1, 0.15) is 51.5 Å². The van der Waals surface area contributed by atoms with Crippen LogP contribution in [0.25, 0.3) is 0 Å². The molecule has 3 heterocycles. The van der Waals surface area contributed by atoms with Gasteiger partial charge < -0.3 is 20.4 Å². The number of nitrogens with zero attached hydrogens (tertiary/aromatic N) is 4. The molecule has 178 valence electrons. The average molecular weight is 467 g/mol. The first kappa shape index (κ1) is 23.7. The summed E-state index contributed by atoms with van der Waals surface area (Å²) in [6.07, 6.45) is 7.07. The Morgan fingerprint density at radius 3 is 2.15 bits per heavy atom. The van der Waals surface area contributed by atoms with E-state index in [-0.39, 0.29) is 0 Å². The molecular weight excluding hydrogens is 428 g/mol. The lowest BCUT2D eigenvalue weighted by molar-refractivity contribution is 0.441. The van der Waals surface area contributed by atoms with Crippen molar-refractivity contribution < 1.29 is 0 Å². The Kier molecular flexibility index (Phi) is 8.37. The van der Waals surface area contributed by atoms with Gasteiger partial charge in [-0.1, -0.05) is 44.2 Å². The molecular formula is C26H38N6S. The van der Waals surface area contributed by atoms with Crippen molar-refractivity contribution in [2.24, 2.45) is 11.8 Å². The van der Waals surface area contributed by atoms with Gasteiger partial charge in [0.1, 0.15) is 11.6 Å². The molecule has 0 unspecified atom stereocenters. The maximum Gasteiger partial charge on any atom is 0.232 e. The van der Waals surface area contributed by atoms with Gasteiger partial charge in [-0.3, -0.25) is 0 Å². The van der Waals surface area contributed by atoms with E-state index in [1.54, 1.807) is 0 Å². The van der Waals surface area contributed by atoms with E-state index >= 15 is 0 Å². The Morgan fingerprint density at radius 2 is 1.58 bits per heavy atom. The molecule has 33 heavy (non-hydrogen) atoms. The lowest BCUT2D eigenvalue weighted by atomic mass is 10.00. The zero-order valence-corrected chi connectivity index (χ0v) is 20.9. The Hall–Kier alpha value is -2.41. The Balaban J connectivity index is 1.41. The van der Waals surface area contributed by atoms with Crippen LogP contribution in [0.2, 0.25) is 0 Å². The molecule has 2 aliphatic heterocycles. The van der Waals surface area contributed by atoms with Crippen LogP contribution in [0.15, 0.2) is 36.4 Å². The smallest absolute Gasteiger partial charge is 0.232 e. The second-order valence-corrected chi connectivity index (χ2v) is 10.2. The number of piperidine rings is 2. The fraction of sp³-hybridized carbons (Fsp3) is 0.577. The van der Waals surface area contributed by atoms with Crippen LogP contribution < -0.4 is 20.4 Å². The maximum absolute atomic E-state index is 5.57. The number of aromatic nitrogens is 2. The zero-order chi connectivity index (χ0) is 23.0. The number of nitrogens with one attached hydrogen (secondary N) is 2. The third kappa shape index (κ3) is 7.03. The number of thiocarbonyl (C=S) groups is 1. The van der Waals surface area contributed by atoms with Gasteiger partial charge in [0.15, 0.2) is 5.11 Å². The maximum atomic E-state index is 5.57. The predicted molar refractivity (Wildman–Crippen MR) is 142 cm³/mol. The zero-order valence-electron chi connectivity index (χ0n) is 20.1. The summed E-state index contributed by atoms with van der Waals surface area (Å²) < 4.78 is 0. The first-order valence-electron chi connectivity index (χ1n) is 12.5. The minimum atomic E-state index is 0.588. The molecule has 2 N–H and O–H groups in total. The third-order valence-corrected chi connectivity index (χ3v) is 6.90. The average Bonchev–Trinajstić information content (AvgIpc) is 2.82. The van der Waals surface area contributed by atoms with Crippen molar-refractivity contribution in [1.29, 1.82) is 0 Å². The fourth-order valence-electron chi connectivity index (χ4n) is 4.88. The molecule has 0 radical (unpaired) electrons. The molecule has 0 bridgehead atoms. The molecule has 2 aliphatic rings. The standard InChI is InChI=1S/C26H38N6S/c1-20-9-7-15-31(18-20)23-17-24(32-16-8-10-21(2)19-32)29-25(28-23)30-26(33)27-14-6-13-22-11-4-3-5-12-22/h3-5,11-12,17,20-21H,6-10,13-16,18-19H2,1-2H3,(H2,27,28,29,30,33)/t20-,21+. The molecule has 7 heteroatoms. The van der Waals surface area contributed by atoms with Gasteiger partial charge in [0.25, 0.3) is 0 Å². The minimum Gasteiger partial charge on any atom is -0.362 e. The Labute approximate surface area is 204 Å². The Bertz CT molecular complexity index is 865. The van der Waals surface area contributed by atoms with E-state index in [0.29, 0.717) is 22.9 Å². The van der Waals surface area contributed by atoms with Gasteiger partial charge in [-0.15, -0.1) is 0 Å². The van der Waals surface area contributed by atoms with Crippen molar-refractivity contribution in [3.63, 3.8) is 0 Å². The number of hydrogen-bond acceptors (Lipinski definition) is 5. The van der Waals surface area contributed by atoms with Gasteiger partial charge in [-0.25, -0.2) is 0 Å². The van der Waals surface area contributed by atoms with Gasteiger partial charge in [0.2, 0.25) is 5.95 Å². The van der Waals surface area contributed by atoms with E-state index < -0.39 is 0 Å². The molecule has 2 atom stereocenters. The second-order valence-electron chi connectivity index (χ2n) is 9.76. The molecule has 0 aliphatic carbocycles. The highest BCUT2D eigenvalue weighted by molar-refractivity contribution is 7.80. The predicted octanol–water partition coefficient (Wildman–Crippen LogP) is 4.87. The highest BCUT2D eigenvalue weighted by Gasteiger charge is 2.23. The Morgan fingerprint density at radius 1 is 0.970 bits per heavy atom. The van der Waals surface area contributed by atoms with Crippen molar-refractivity contribution in [2.75, 3.05) is 47.8 Å². The van der Waals surface area contributed by atoms with E-state index in [4.69, 9.17) is 22.2 Å². The summed E-state index contributed by atoms with van der Waals surface area (Å²) >= 11 is 5.57. The number of anilines is 3.